The molecule has 0 fully saturated rings. The molecule has 7 heteroatoms. The van der Waals surface area contributed by atoms with E-state index >= 15 is 0 Å². The van der Waals surface area contributed by atoms with E-state index in [2.05, 4.69) is 12.1 Å². The molecule has 0 bridgehead atoms. The van der Waals surface area contributed by atoms with E-state index in [1.807, 2.05) is 72.8 Å². The van der Waals surface area contributed by atoms with Gasteiger partial charge in [0.15, 0.2) is 0 Å². The van der Waals surface area contributed by atoms with Gasteiger partial charge in [0.2, 0.25) is 0 Å². The summed E-state index contributed by atoms with van der Waals surface area (Å²) in [6, 6.07) is 27.7. The second-order valence-corrected chi connectivity index (χ2v) is 10.3. The molecule has 4 aromatic carbocycles. The lowest BCUT2D eigenvalue weighted by Crippen LogP contribution is -1.92. The topological polar surface area (TPSA) is 104 Å². The van der Waals surface area contributed by atoms with Crippen LogP contribution in [0.2, 0.25) is 0 Å². The van der Waals surface area contributed by atoms with E-state index in [4.69, 9.17) is 22.9 Å². The summed E-state index contributed by atoms with van der Waals surface area (Å²) in [5.74, 6) is 0. The molecule has 0 heterocycles. The van der Waals surface area contributed by atoms with Gasteiger partial charge in [-0.3, -0.25) is 0 Å². The molecular formula is C24H22N4S3. The minimum absolute atomic E-state index is 0.709. The predicted molar refractivity (Wildman–Crippen MR) is 138 cm³/mol. The molecule has 4 aromatic rings. The minimum atomic E-state index is 0.709. The molecule has 0 aliphatic carbocycles. The van der Waals surface area contributed by atoms with E-state index in [0.717, 1.165) is 42.1 Å². The van der Waals surface area contributed by atoms with Gasteiger partial charge in [-0.15, -0.1) is 0 Å². The first-order valence-electron chi connectivity index (χ1n) is 9.51. The smallest absolute Gasteiger partial charge is 0.0321 e. The van der Waals surface area contributed by atoms with E-state index < -0.39 is 0 Å². The van der Waals surface area contributed by atoms with Crippen LogP contribution in [-0.2, 0) is 0 Å². The van der Waals surface area contributed by atoms with E-state index in [1.54, 1.807) is 33.3 Å². The number of benzene rings is 4. The van der Waals surface area contributed by atoms with Gasteiger partial charge in [0.25, 0.3) is 0 Å². The van der Waals surface area contributed by atoms with Crippen molar-refractivity contribution in [2.24, 2.45) is 0 Å². The van der Waals surface area contributed by atoms with Crippen LogP contribution in [0.1, 0.15) is 0 Å². The van der Waals surface area contributed by atoms with Gasteiger partial charge in [-0.2, -0.15) is 0 Å². The fraction of sp³-hybridized carbons (Fsp3) is 0. The number of nitrogens with two attached hydrogens (primary N) is 4. The zero-order valence-electron chi connectivity index (χ0n) is 16.6. The van der Waals surface area contributed by atoms with Gasteiger partial charge in [-0.25, -0.2) is 0 Å². The maximum absolute atomic E-state index is 6.16. The summed E-state index contributed by atoms with van der Waals surface area (Å²) >= 11 is 1.68. The highest BCUT2D eigenvalue weighted by atomic mass is 33.1. The van der Waals surface area contributed by atoms with E-state index in [0.29, 0.717) is 11.4 Å². The third-order valence-electron chi connectivity index (χ3n) is 4.51. The van der Waals surface area contributed by atoms with Crippen molar-refractivity contribution in [1.29, 1.82) is 0 Å². The molecule has 156 valence electrons. The van der Waals surface area contributed by atoms with Crippen LogP contribution in [0.4, 0.5) is 22.7 Å². The van der Waals surface area contributed by atoms with Crippen molar-refractivity contribution in [2.75, 3.05) is 22.9 Å². The van der Waals surface area contributed by atoms with Gasteiger partial charge in [0.05, 0.1) is 0 Å². The number of hydrogen-bond acceptors (Lipinski definition) is 7. The summed E-state index contributed by atoms with van der Waals surface area (Å²) in [6.45, 7) is 0. The molecule has 31 heavy (non-hydrogen) atoms. The highest BCUT2D eigenvalue weighted by Crippen LogP contribution is 2.46. The zero-order chi connectivity index (χ0) is 21.8. The normalized spacial score (nSPS) is 10.8. The van der Waals surface area contributed by atoms with Crippen LogP contribution in [0.3, 0.4) is 0 Å². The molecule has 0 aliphatic heterocycles. The standard InChI is InChI=1S/C24H22N4S3/c25-15-1-7-19(8-2-15)29-23-11-5-17(27)13-21(23)22-14-18(28)6-12-24(22)31-30-20-9-3-16(26)4-10-20/h1-14H,25-28H2. The first-order valence-corrected chi connectivity index (χ1v) is 12.5. The van der Waals surface area contributed by atoms with Crippen LogP contribution in [0.15, 0.2) is 105 Å². The Kier molecular flexibility index (Phi) is 6.56. The van der Waals surface area contributed by atoms with E-state index in [-0.39, 0.29) is 0 Å². The molecule has 0 saturated heterocycles. The fourth-order valence-electron chi connectivity index (χ4n) is 2.96. The minimum Gasteiger partial charge on any atom is -0.399 e. The van der Waals surface area contributed by atoms with E-state index in [9.17, 15) is 0 Å². The maximum atomic E-state index is 6.16. The molecule has 0 aromatic heterocycles. The van der Waals surface area contributed by atoms with Gasteiger partial charge in [0.1, 0.15) is 0 Å². The molecule has 0 aliphatic rings. The average molecular weight is 463 g/mol. The predicted octanol–water partition coefficient (Wildman–Crippen LogP) is 6.63. The molecule has 4 nitrogen and oxygen atoms in total. The Labute approximate surface area is 194 Å². The van der Waals surface area contributed by atoms with Crippen LogP contribution >= 0.6 is 33.3 Å². The summed E-state index contributed by atoms with van der Waals surface area (Å²) in [5, 5.41) is 0. The molecular weight excluding hydrogens is 440 g/mol. The van der Waals surface area contributed by atoms with Gasteiger partial charge < -0.3 is 22.9 Å². The fourth-order valence-corrected chi connectivity index (χ4v) is 6.04. The van der Waals surface area contributed by atoms with Gasteiger partial charge in [-0.1, -0.05) is 33.3 Å². The quantitative estimate of drug-likeness (QED) is 0.188. The Balaban J connectivity index is 1.69. The summed E-state index contributed by atoms with van der Waals surface area (Å²) in [7, 11) is 3.37. The largest absolute Gasteiger partial charge is 0.399 e. The molecule has 0 amide bonds. The van der Waals surface area contributed by atoms with Crippen LogP contribution < -0.4 is 22.9 Å². The Morgan fingerprint density at radius 3 is 1.45 bits per heavy atom. The zero-order valence-corrected chi connectivity index (χ0v) is 19.1. The highest BCUT2D eigenvalue weighted by molar-refractivity contribution is 8.76. The molecule has 4 rings (SSSR count). The summed E-state index contributed by atoms with van der Waals surface area (Å²) in [4.78, 5) is 4.45. The first kappa shape index (κ1) is 21.4. The SMILES string of the molecule is Nc1ccc(SSc2ccc(N)cc2-c2cc(N)ccc2Sc2ccc(N)cc2)cc1. The van der Waals surface area contributed by atoms with Crippen LogP contribution in [0, 0.1) is 0 Å². The van der Waals surface area contributed by atoms with Crippen LogP contribution in [0.25, 0.3) is 11.1 Å². The molecule has 8 N–H and O–H groups in total. The van der Waals surface area contributed by atoms with Crippen molar-refractivity contribution in [2.45, 2.75) is 19.6 Å². The summed E-state index contributed by atoms with van der Waals surface area (Å²) < 4.78 is 0. The Bertz CT molecular complexity index is 1190. The molecule has 0 unspecified atom stereocenters. The Morgan fingerprint density at radius 2 is 0.871 bits per heavy atom. The van der Waals surface area contributed by atoms with Gasteiger partial charge in [-0.05, 0) is 96.1 Å². The molecule has 0 saturated carbocycles. The summed E-state index contributed by atoms with van der Waals surface area (Å²) in [5.41, 5.74) is 29.0. The van der Waals surface area contributed by atoms with Crippen molar-refractivity contribution < 1.29 is 0 Å². The van der Waals surface area contributed by atoms with Crippen molar-refractivity contribution in [3.63, 3.8) is 0 Å². The Morgan fingerprint density at radius 1 is 0.419 bits per heavy atom. The van der Waals surface area contributed by atoms with Crippen LogP contribution in [-0.4, -0.2) is 0 Å². The summed E-state index contributed by atoms with van der Waals surface area (Å²) in [6.07, 6.45) is 0. The second-order valence-electron chi connectivity index (χ2n) is 6.92. The van der Waals surface area contributed by atoms with Gasteiger partial charge in [0, 0.05) is 42.3 Å². The third-order valence-corrected chi connectivity index (χ3v) is 8.05. The molecule has 0 spiro atoms. The van der Waals surface area contributed by atoms with Crippen molar-refractivity contribution in [3.8, 4) is 11.1 Å². The third kappa shape index (κ3) is 5.44. The van der Waals surface area contributed by atoms with Crippen LogP contribution in [0.5, 0.6) is 0 Å². The number of anilines is 4. The lowest BCUT2D eigenvalue weighted by atomic mass is 10.0. The monoisotopic (exact) mass is 462 g/mol. The molecule has 0 atom stereocenters. The van der Waals surface area contributed by atoms with Crippen molar-refractivity contribution in [3.05, 3.63) is 84.9 Å². The first-order chi connectivity index (χ1) is 15.0. The lowest BCUT2D eigenvalue weighted by Gasteiger charge is -2.15. The molecule has 0 radical (unpaired) electrons. The second kappa shape index (κ2) is 9.51. The average Bonchev–Trinajstić information content (AvgIpc) is 2.77. The van der Waals surface area contributed by atoms with Crippen molar-refractivity contribution >= 4 is 56.1 Å². The maximum Gasteiger partial charge on any atom is 0.0321 e. The highest BCUT2D eigenvalue weighted by Gasteiger charge is 2.14. The number of hydrogen-bond donors (Lipinski definition) is 4. The Hall–Kier alpha value is -2.87. The number of nitrogen functional groups attached to an aromatic ring is 4. The van der Waals surface area contributed by atoms with Gasteiger partial charge >= 0.3 is 0 Å². The van der Waals surface area contributed by atoms with E-state index in [1.165, 1.54) is 0 Å². The van der Waals surface area contributed by atoms with Crippen molar-refractivity contribution in [1.82, 2.24) is 0 Å². The lowest BCUT2D eigenvalue weighted by molar-refractivity contribution is 1.37. The number of rotatable bonds is 6.